The maximum absolute atomic E-state index is 12.8. The minimum absolute atomic E-state index is 0.280. The Bertz CT molecular complexity index is 965. The van der Waals surface area contributed by atoms with Gasteiger partial charge in [-0.3, -0.25) is 4.79 Å². The molecule has 5 nitrogen and oxygen atoms in total. The molecule has 1 amide bonds. The molecule has 0 bridgehead atoms. The fraction of sp³-hybridized carbons (Fsp3) is 0.158. The van der Waals surface area contributed by atoms with Gasteiger partial charge in [-0.2, -0.15) is 0 Å². The summed E-state index contributed by atoms with van der Waals surface area (Å²) in [5.74, 6) is 1.25. The molecule has 1 N–H and O–H groups in total. The van der Waals surface area contributed by atoms with Gasteiger partial charge in [0.05, 0.1) is 24.1 Å². The number of hydrogen-bond acceptors (Lipinski definition) is 4. The Morgan fingerprint density at radius 2 is 2.15 bits per heavy atom. The second-order valence-corrected chi connectivity index (χ2v) is 7.29. The van der Waals surface area contributed by atoms with E-state index in [0.29, 0.717) is 22.0 Å². The van der Waals surface area contributed by atoms with E-state index in [1.807, 2.05) is 30.5 Å². The lowest BCUT2D eigenvalue weighted by Gasteiger charge is -2.12. The molecule has 0 radical (unpaired) electrons. The maximum atomic E-state index is 12.8. The van der Waals surface area contributed by atoms with Gasteiger partial charge in [0.25, 0.3) is 5.91 Å². The third-order valence-corrected chi connectivity index (χ3v) is 5.37. The number of methoxy groups -OCH3 is 1. The highest BCUT2D eigenvalue weighted by Gasteiger charge is 2.19. The molecule has 4 rings (SSSR count). The molecule has 1 aromatic heterocycles. The van der Waals surface area contributed by atoms with Gasteiger partial charge >= 0.3 is 0 Å². The minimum Gasteiger partial charge on any atom is -0.496 e. The Labute approximate surface area is 160 Å². The molecule has 0 atom stereocenters. The third kappa shape index (κ3) is 3.18. The zero-order chi connectivity index (χ0) is 18.1. The lowest BCUT2D eigenvalue weighted by atomic mass is 10.1. The van der Waals surface area contributed by atoms with Crippen LogP contribution in [0.25, 0.3) is 11.3 Å². The van der Waals surface area contributed by atoms with E-state index in [-0.39, 0.29) is 5.91 Å². The van der Waals surface area contributed by atoms with Crippen molar-refractivity contribution in [1.82, 2.24) is 9.55 Å². The molecular formula is C19H16ClN3O2S. The predicted octanol–water partition coefficient (Wildman–Crippen LogP) is 4.57. The number of aromatic nitrogens is 2. The molecule has 7 heteroatoms. The Kier molecular flexibility index (Phi) is 4.61. The highest BCUT2D eigenvalue weighted by Crippen LogP contribution is 2.33. The van der Waals surface area contributed by atoms with E-state index in [2.05, 4.69) is 14.9 Å². The van der Waals surface area contributed by atoms with Gasteiger partial charge in [-0.15, -0.1) is 0 Å². The first-order valence-electron chi connectivity index (χ1n) is 8.10. The summed E-state index contributed by atoms with van der Waals surface area (Å²) in [6, 6.07) is 12.6. The van der Waals surface area contributed by atoms with Crippen LogP contribution < -0.4 is 10.1 Å². The number of amides is 1. The van der Waals surface area contributed by atoms with E-state index in [9.17, 15) is 4.79 Å². The molecule has 1 aliphatic heterocycles. The number of nitrogens with one attached hydrogen (secondary N) is 1. The van der Waals surface area contributed by atoms with Crippen LogP contribution in [0.5, 0.6) is 5.75 Å². The van der Waals surface area contributed by atoms with Crippen LogP contribution in [0.2, 0.25) is 5.02 Å². The SMILES string of the molecule is COc1ccc(Cl)cc1C(=O)Nc1ccccc1-c1cn2c(n1)SCC2. The van der Waals surface area contributed by atoms with Crippen molar-refractivity contribution < 1.29 is 9.53 Å². The van der Waals surface area contributed by atoms with E-state index in [1.54, 1.807) is 30.0 Å². The Hall–Kier alpha value is -2.44. The minimum atomic E-state index is -0.280. The normalized spacial score (nSPS) is 12.7. The summed E-state index contributed by atoms with van der Waals surface area (Å²) in [6.07, 6.45) is 2.03. The number of para-hydroxylation sites is 1. The van der Waals surface area contributed by atoms with Gasteiger partial charge in [0.15, 0.2) is 5.16 Å². The van der Waals surface area contributed by atoms with Crippen LogP contribution in [-0.4, -0.2) is 28.3 Å². The standard InChI is InChI=1S/C19H16ClN3O2S/c1-25-17-7-6-12(20)10-14(17)18(24)21-15-5-3-2-4-13(15)16-11-23-8-9-26-19(23)22-16/h2-7,10-11H,8-9H2,1H3,(H,21,24). The third-order valence-electron chi connectivity index (χ3n) is 4.16. The van der Waals surface area contributed by atoms with Gasteiger partial charge in [0.1, 0.15) is 5.75 Å². The molecule has 0 spiro atoms. The number of benzene rings is 2. The zero-order valence-electron chi connectivity index (χ0n) is 14.0. The van der Waals surface area contributed by atoms with Crippen molar-refractivity contribution in [3.63, 3.8) is 0 Å². The first-order chi connectivity index (χ1) is 12.7. The predicted molar refractivity (Wildman–Crippen MR) is 104 cm³/mol. The van der Waals surface area contributed by atoms with Crippen LogP contribution in [0.3, 0.4) is 0 Å². The number of hydrogen-bond donors (Lipinski definition) is 1. The number of rotatable bonds is 4. The number of nitrogens with zero attached hydrogens (tertiary/aromatic N) is 2. The summed E-state index contributed by atoms with van der Waals surface area (Å²) in [4.78, 5) is 17.5. The van der Waals surface area contributed by atoms with Crippen molar-refractivity contribution in [2.45, 2.75) is 11.7 Å². The molecule has 0 saturated heterocycles. The summed E-state index contributed by atoms with van der Waals surface area (Å²) in [5, 5.41) is 4.45. The smallest absolute Gasteiger partial charge is 0.259 e. The fourth-order valence-electron chi connectivity index (χ4n) is 2.90. The average molecular weight is 386 g/mol. The van der Waals surface area contributed by atoms with Crippen molar-refractivity contribution in [3.8, 4) is 17.0 Å². The van der Waals surface area contributed by atoms with E-state index >= 15 is 0 Å². The average Bonchev–Trinajstić information content (AvgIpc) is 3.24. The van der Waals surface area contributed by atoms with Gasteiger partial charge in [-0.05, 0) is 24.3 Å². The molecule has 132 valence electrons. The topological polar surface area (TPSA) is 56.1 Å². The van der Waals surface area contributed by atoms with E-state index in [0.717, 1.165) is 28.7 Å². The Morgan fingerprint density at radius 3 is 2.96 bits per heavy atom. The van der Waals surface area contributed by atoms with Crippen LogP contribution in [0, 0.1) is 0 Å². The molecule has 1 aliphatic rings. The number of imidazole rings is 1. The summed E-state index contributed by atoms with van der Waals surface area (Å²) < 4.78 is 7.41. The quantitative estimate of drug-likeness (QED) is 0.714. The molecule has 26 heavy (non-hydrogen) atoms. The van der Waals surface area contributed by atoms with Gasteiger partial charge in [0.2, 0.25) is 0 Å². The first kappa shape index (κ1) is 17.0. The summed E-state index contributed by atoms with van der Waals surface area (Å²) in [5.41, 5.74) is 2.81. The lowest BCUT2D eigenvalue weighted by molar-refractivity contribution is 0.102. The molecule has 2 aromatic carbocycles. The van der Waals surface area contributed by atoms with Crippen molar-refractivity contribution >= 4 is 35.0 Å². The maximum Gasteiger partial charge on any atom is 0.259 e. The van der Waals surface area contributed by atoms with Crippen molar-refractivity contribution in [1.29, 1.82) is 0 Å². The fourth-order valence-corrected chi connectivity index (χ4v) is 4.02. The van der Waals surface area contributed by atoms with E-state index < -0.39 is 0 Å². The summed E-state index contributed by atoms with van der Waals surface area (Å²) >= 11 is 7.78. The summed E-state index contributed by atoms with van der Waals surface area (Å²) in [6.45, 7) is 0.960. The molecule has 0 unspecified atom stereocenters. The van der Waals surface area contributed by atoms with Crippen LogP contribution >= 0.6 is 23.4 Å². The molecule has 3 aromatic rings. The molecule has 0 aliphatic carbocycles. The Balaban J connectivity index is 1.67. The van der Waals surface area contributed by atoms with Crippen LogP contribution in [0.4, 0.5) is 5.69 Å². The monoisotopic (exact) mass is 385 g/mol. The second-order valence-electron chi connectivity index (χ2n) is 5.79. The first-order valence-corrected chi connectivity index (χ1v) is 9.46. The van der Waals surface area contributed by atoms with Gasteiger partial charge in [-0.1, -0.05) is 41.6 Å². The van der Waals surface area contributed by atoms with Gasteiger partial charge < -0.3 is 14.6 Å². The number of carbonyl (C=O) groups excluding carboxylic acids is 1. The number of carbonyl (C=O) groups is 1. The largest absolute Gasteiger partial charge is 0.496 e. The van der Waals surface area contributed by atoms with E-state index in [4.69, 9.17) is 16.3 Å². The van der Waals surface area contributed by atoms with Crippen molar-refractivity contribution in [3.05, 3.63) is 59.2 Å². The number of aryl methyl sites for hydroxylation is 1. The van der Waals surface area contributed by atoms with Crippen LogP contribution in [0.1, 0.15) is 10.4 Å². The number of ether oxygens (including phenoxy) is 1. The molecular weight excluding hydrogens is 370 g/mol. The van der Waals surface area contributed by atoms with Gasteiger partial charge in [0, 0.05) is 29.1 Å². The lowest BCUT2D eigenvalue weighted by Crippen LogP contribution is -2.14. The number of thioether (sulfide) groups is 1. The Morgan fingerprint density at radius 1 is 1.31 bits per heavy atom. The molecule has 2 heterocycles. The van der Waals surface area contributed by atoms with Crippen LogP contribution in [-0.2, 0) is 6.54 Å². The molecule has 0 fully saturated rings. The van der Waals surface area contributed by atoms with Crippen LogP contribution in [0.15, 0.2) is 53.8 Å². The molecule has 0 saturated carbocycles. The van der Waals surface area contributed by atoms with E-state index in [1.165, 1.54) is 7.11 Å². The number of fused-ring (bicyclic) bond motifs is 1. The number of halogens is 1. The van der Waals surface area contributed by atoms with Gasteiger partial charge in [-0.25, -0.2) is 4.98 Å². The number of anilines is 1. The highest BCUT2D eigenvalue weighted by atomic mass is 35.5. The highest BCUT2D eigenvalue weighted by molar-refractivity contribution is 7.99. The van der Waals surface area contributed by atoms with Crippen molar-refractivity contribution in [2.24, 2.45) is 0 Å². The summed E-state index contributed by atoms with van der Waals surface area (Å²) in [7, 11) is 1.53. The second kappa shape index (κ2) is 7.05. The zero-order valence-corrected chi connectivity index (χ0v) is 15.6. The van der Waals surface area contributed by atoms with Crippen molar-refractivity contribution in [2.75, 3.05) is 18.2 Å².